The molecule has 82 heavy (non-hydrogen) atoms. The van der Waals surface area contributed by atoms with E-state index < -0.39 is 26.5 Å². The topological polar surface area (TPSA) is 108 Å². The minimum atomic E-state index is -4.39. The highest BCUT2D eigenvalue weighted by molar-refractivity contribution is 7.47. The molecule has 2 unspecified atom stereocenters. The van der Waals surface area contributed by atoms with Crippen molar-refractivity contribution in [2.24, 2.45) is 0 Å². The molecule has 0 aromatic carbocycles. The standard InChI is InChI=1S/C72H132NO8P/c1-6-8-10-12-14-16-18-20-22-24-26-28-30-32-33-34-35-36-37-38-39-41-42-44-46-48-50-52-54-56-58-60-62-64-71(74)78-68-70(69-80-82(76,77)79-67-66-73(3,4)5)81-72(75)65-63-61-59-57-55-53-51-49-47-45-43-40-31-29-27-25-23-21-19-17-15-13-11-9-7-2/h9,11,15,17,21,23-24,26-27,29,40,43,70H,6-8,10,12-14,16,18-20,22,25,28,30-39,41-42,44-69H2,1-5H3/p+1/b11-9-,17-15-,23-21-,26-24-,29-27-,43-40-. The van der Waals surface area contributed by atoms with Gasteiger partial charge in [0.1, 0.15) is 19.8 Å². The first-order valence-electron chi connectivity index (χ1n) is 34.7. The molecule has 0 aliphatic carbocycles. The van der Waals surface area contributed by atoms with Crippen molar-refractivity contribution in [3.05, 3.63) is 72.9 Å². The van der Waals surface area contributed by atoms with Gasteiger partial charge in [-0.1, -0.05) is 299 Å². The van der Waals surface area contributed by atoms with E-state index in [1.807, 2.05) is 21.1 Å². The zero-order valence-electron chi connectivity index (χ0n) is 54.5. The van der Waals surface area contributed by atoms with Crippen molar-refractivity contribution < 1.29 is 42.1 Å². The Morgan fingerprint density at radius 1 is 0.390 bits per heavy atom. The van der Waals surface area contributed by atoms with Crippen molar-refractivity contribution in [3.63, 3.8) is 0 Å². The quantitative estimate of drug-likeness (QED) is 0.0211. The number of carbonyl (C=O) groups is 2. The van der Waals surface area contributed by atoms with Crippen LogP contribution in [0.15, 0.2) is 72.9 Å². The highest BCUT2D eigenvalue weighted by Crippen LogP contribution is 2.43. The number of allylic oxidation sites excluding steroid dienone is 12. The van der Waals surface area contributed by atoms with Crippen LogP contribution in [0.25, 0.3) is 0 Å². The van der Waals surface area contributed by atoms with Gasteiger partial charge in [-0.3, -0.25) is 18.6 Å². The summed E-state index contributed by atoms with van der Waals surface area (Å²) >= 11 is 0. The van der Waals surface area contributed by atoms with Crippen molar-refractivity contribution in [1.29, 1.82) is 0 Å². The molecule has 478 valence electrons. The molecule has 0 fully saturated rings. The number of ether oxygens (including phenoxy) is 2. The molecule has 0 aliphatic rings. The van der Waals surface area contributed by atoms with Gasteiger partial charge in [-0.05, 0) is 83.5 Å². The summed E-state index contributed by atoms with van der Waals surface area (Å²) < 4.78 is 34.7. The number of hydrogen-bond acceptors (Lipinski definition) is 7. The van der Waals surface area contributed by atoms with Crippen LogP contribution >= 0.6 is 7.82 Å². The second kappa shape index (κ2) is 63.0. The van der Waals surface area contributed by atoms with E-state index in [1.54, 1.807) is 0 Å². The first-order chi connectivity index (χ1) is 40.0. The van der Waals surface area contributed by atoms with Crippen LogP contribution in [0.4, 0.5) is 0 Å². The van der Waals surface area contributed by atoms with Gasteiger partial charge >= 0.3 is 19.8 Å². The Labute approximate surface area is 508 Å². The number of likely N-dealkylation sites (N-methyl/N-ethyl adjacent to an activating group) is 1. The summed E-state index contributed by atoms with van der Waals surface area (Å²) in [6, 6.07) is 0. The Kier molecular flexibility index (Phi) is 61.0. The monoisotopic (exact) mass is 1170 g/mol. The summed E-state index contributed by atoms with van der Waals surface area (Å²) in [5.74, 6) is -0.794. The van der Waals surface area contributed by atoms with Crippen LogP contribution in [0.5, 0.6) is 0 Å². The lowest BCUT2D eigenvalue weighted by atomic mass is 10.0. The van der Waals surface area contributed by atoms with Gasteiger partial charge in [0.25, 0.3) is 0 Å². The Morgan fingerprint density at radius 2 is 0.695 bits per heavy atom. The summed E-state index contributed by atoms with van der Waals surface area (Å²) in [6.45, 7) is 4.35. The molecule has 0 saturated carbocycles. The van der Waals surface area contributed by atoms with Crippen LogP contribution in [0, 0.1) is 0 Å². The van der Waals surface area contributed by atoms with Gasteiger partial charge in [-0.15, -0.1) is 0 Å². The molecule has 0 aromatic heterocycles. The SMILES string of the molecule is CC/C=C\C/C=C\C/C=C\C/C=C\C/C=C\CCCCCCCCCCCC(=O)OC(COC(=O)CCCCCCCCCCCCCCCCCCCCCCC/C=C\CCCCCCCCCC)COP(=O)(O)OCC[N+](C)(C)C. The molecule has 0 aliphatic heterocycles. The van der Waals surface area contributed by atoms with Crippen molar-refractivity contribution in [2.45, 2.75) is 328 Å². The normalized spacial score (nSPS) is 13.6. The third-order valence-electron chi connectivity index (χ3n) is 15.2. The average molecular weight is 1170 g/mol. The number of nitrogens with zero attached hydrogens (tertiary/aromatic N) is 1. The minimum absolute atomic E-state index is 0.0291. The first kappa shape index (κ1) is 79.5. The highest BCUT2D eigenvalue weighted by Gasteiger charge is 2.27. The minimum Gasteiger partial charge on any atom is -0.462 e. The molecule has 10 heteroatoms. The smallest absolute Gasteiger partial charge is 0.462 e. The summed E-state index contributed by atoms with van der Waals surface area (Å²) in [5.41, 5.74) is 0. The van der Waals surface area contributed by atoms with Crippen LogP contribution in [0.1, 0.15) is 322 Å². The molecule has 0 heterocycles. The Balaban J connectivity index is 4.02. The fraction of sp³-hybridized carbons (Fsp3) is 0.806. The van der Waals surface area contributed by atoms with Crippen molar-refractivity contribution in [2.75, 3.05) is 47.5 Å². The molecule has 0 spiro atoms. The van der Waals surface area contributed by atoms with Crippen LogP contribution in [0.3, 0.4) is 0 Å². The van der Waals surface area contributed by atoms with Crippen molar-refractivity contribution >= 4 is 19.8 Å². The first-order valence-corrected chi connectivity index (χ1v) is 36.2. The largest absolute Gasteiger partial charge is 0.472 e. The Bertz CT molecular complexity index is 1610. The van der Waals surface area contributed by atoms with Gasteiger partial charge in [-0.2, -0.15) is 0 Å². The van der Waals surface area contributed by atoms with E-state index in [0.717, 1.165) is 77.0 Å². The van der Waals surface area contributed by atoms with Gasteiger partial charge in [0, 0.05) is 12.8 Å². The van der Waals surface area contributed by atoms with E-state index in [-0.39, 0.29) is 32.0 Å². The lowest BCUT2D eigenvalue weighted by molar-refractivity contribution is -0.870. The van der Waals surface area contributed by atoms with Gasteiger partial charge in [0.15, 0.2) is 6.10 Å². The highest BCUT2D eigenvalue weighted by atomic mass is 31.2. The fourth-order valence-electron chi connectivity index (χ4n) is 9.92. The van der Waals surface area contributed by atoms with Crippen molar-refractivity contribution in [3.8, 4) is 0 Å². The summed E-state index contributed by atoms with van der Waals surface area (Å²) in [6.07, 6.45) is 84.4. The van der Waals surface area contributed by atoms with Crippen LogP contribution in [-0.4, -0.2) is 74.9 Å². The van der Waals surface area contributed by atoms with E-state index in [4.69, 9.17) is 18.5 Å². The molecular weight excluding hydrogens is 1040 g/mol. The molecule has 0 amide bonds. The number of quaternary nitrogens is 1. The molecule has 0 saturated heterocycles. The summed E-state index contributed by atoms with van der Waals surface area (Å²) in [4.78, 5) is 35.9. The third kappa shape index (κ3) is 66.6. The number of phosphoric acid groups is 1. The predicted molar refractivity (Wildman–Crippen MR) is 353 cm³/mol. The second-order valence-corrected chi connectivity index (χ2v) is 26.0. The molecule has 1 N–H and O–H groups in total. The number of hydrogen-bond donors (Lipinski definition) is 1. The van der Waals surface area contributed by atoms with E-state index in [0.29, 0.717) is 17.4 Å². The summed E-state index contributed by atoms with van der Waals surface area (Å²) in [7, 11) is 1.48. The predicted octanol–water partition coefficient (Wildman–Crippen LogP) is 22.4. The molecule has 2 atom stereocenters. The van der Waals surface area contributed by atoms with Gasteiger partial charge < -0.3 is 18.9 Å². The Hall–Kier alpha value is -2.55. The number of carbonyl (C=O) groups excluding carboxylic acids is 2. The number of rotatable bonds is 64. The van der Waals surface area contributed by atoms with Crippen molar-refractivity contribution in [1.82, 2.24) is 0 Å². The van der Waals surface area contributed by atoms with Crippen LogP contribution < -0.4 is 0 Å². The van der Waals surface area contributed by atoms with E-state index >= 15 is 0 Å². The third-order valence-corrected chi connectivity index (χ3v) is 16.2. The average Bonchev–Trinajstić information content (AvgIpc) is 3.46. The molecular formula is C72H133NO8P+. The zero-order valence-corrected chi connectivity index (χ0v) is 55.4. The summed E-state index contributed by atoms with van der Waals surface area (Å²) in [5, 5.41) is 0. The van der Waals surface area contributed by atoms with Gasteiger partial charge in [0.2, 0.25) is 0 Å². The zero-order chi connectivity index (χ0) is 59.8. The molecule has 0 rings (SSSR count). The number of esters is 2. The Morgan fingerprint density at radius 3 is 1.05 bits per heavy atom. The fourth-order valence-corrected chi connectivity index (χ4v) is 10.7. The number of unbranched alkanes of at least 4 members (excludes halogenated alkanes) is 38. The lowest BCUT2D eigenvalue weighted by Crippen LogP contribution is -2.37. The van der Waals surface area contributed by atoms with E-state index in [2.05, 4.69) is 86.8 Å². The second-order valence-electron chi connectivity index (χ2n) is 24.5. The maximum Gasteiger partial charge on any atom is 0.472 e. The lowest BCUT2D eigenvalue weighted by Gasteiger charge is -2.24. The van der Waals surface area contributed by atoms with E-state index in [1.165, 1.54) is 212 Å². The molecule has 0 aromatic rings. The molecule has 0 radical (unpaired) electrons. The maximum absolute atomic E-state index is 12.9. The van der Waals surface area contributed by atoms with Gasteiger partial charge in [-0.25, -0.2) is 4.57 Å². The van der Waals surface area contributed by atoms with Gasteiger partial charge in [0.05, 0.1) is 27.7 Å². The molecule has 9 nitrogen and oxygen atoms in total. The van der Waals surface area contributed by atoms with Crippen LogP contribution in [-0.2, 0) is 32.7 Å². The molecule has 0 bridgehead atoms. The van der Waals surface area contributed by atoms with E-state index in [9.17, 15) is 19.0 Å². The maximum atomic E-state index is 12.9. The number of phosphoric ester groups is 1. The van der Waals surface area contributed by atoms with Crippen LogP contribution in [0.2, 0.25) is 0 Å².